The Morgan fingerprint density at radius 2 is 2.40 bits per heavy atom. The highest BCUT2D eigenvalue weighted by molar-refractivity contribution is 5.08. The van der Waals surface area contributed by atoms with E-state index in [2.05, 4.69) is 10.3 Å². The Morgan fingerprint density at radius 3 is 2.87 bits per heavy atom. The Balaban J connectivity index is 2.85. The summed E-state index contributed by atoms with van der Waals surface area (Å²) in [5.74, 6) is 0. The van der Waals surface area contributed by atoms with Gasteiger partial charge in [0.15, 0.2) is 5.67 Å². The molecule has 1 atom stereocenters. The van der Waals surface area contributed by atoms with E-state index in [0.717, 1.165) is 0 Å². The molecule has 0 aliphatic carbocycles. The maximum Gasteiger partial charge on any atom is 0.177 e. The van der Waals surface area contributed by atoms with Gasteiger partial charge in [0.1, 0.15) is 0 Å². The van der Waals surface area contributed by atoms with Crippen molar-refractivity contribution in [3.05, 3.63) is 11.9 Å². The summed E-state index contributed by atoms with van der Waals surface area (Å²) in [6.45, 7) is 0.453. The Morgan fingerprint density at radius 1 is 1.67 bits per heavy atom. The molecule has 0 spiro atoms. The van der Waals surface area contributed by atoms with Crippen molar-refractivity contribution in [2.45, 2.75) is 18.5 Å². The molecule has 0 bridgehead atoms. The molecule has 1 heterocycles. The van der Waals surface area contributed by atoms with Crippen molar-refractivity contribution in [2.75, 3.05) is 20.3 Å². The lowest BCUT2D eigenvalue weighted by Crippen LogP contribution is -2.29. The molecule has 1 aromatic rings. The number of hydrogen-bond donors (Lipinski definition) is 1. The first-order chi connectivity index (χ1) is 7.14. The number of aromatic nitrogens is 3. The van der Waals surface area contributed by atoms with Crippen molar-refractivity contribution in [2.24, 2.45) is 12.8 Å². The number of hydrogen-bond acceptors (Lipinski definition) is 4. The van der Waals surface area contributed by atoms with Gasteiger partial charge in [-0.25, -0.2) is 9.07 Å². The first-order valence-electron chi connectivity index (χ1n) is 4.87. The average Bonchev–Trinajstić information content (AvgIpc) is 2.62. The minimum absolute atomic E-state index is 0.00574. The third-order valence-corrected chi connectivity index (χ3v) is 2.32. The summed E-state index contributed by atoms with van der Waals surface area (Å²) in [5.41, 5.74) is 4.26. The molecule has 6 heteroatoms. The number of alkyl halides is 1. The maximum absolute atomic E-state index is 14.5. The first-order valence-corrected chi connectivity index (χ1v) is 4.87. The highest BCUT2D eigenvalue weighted by Crippen LogP contribution is 2.30. The molecule has 1 aromatic heterocycles. The van der Waals surface area contributed by atoms with E-state index in [1.165, 1.54) is 18.0 Å². The molecule has 2 N–H and O–H groups in total. The maximum atomic E-state index is 14.5. The van der Waals surface area contributed by atoms with Crippen LogP contribution in [-0.2, 0) is 17.5 Å². The first kappa shape index (κ1) is 12.1. The minimum Gasteiger partial charge on any atom is -0.381 e. The topological polar surface area (TPSA) is 66.0 Å². The average molecular weight is 216 g/mol. The van der Waals surface area contributed by atoms with E-state index in [1.807, 2.05) is 0 Å². The van der Waals surface area contributed by atoms with E-state index in [4.69, 9.17) is 10.5 Å². The van der Waals surface area contributed by atoms with Gasteiger partial charge >= 0.3 is 0 Å². The molecule has 1 unspecified atom stereocenters. The van der Waals surface area contributed by atoms with Gasteiger partial charge in [0.2, 0.25) is 0 Å². The largest absolute Gasteiger partial charge is 0.381 e. The Bertz CT molecular complexity index is 304. The smallest absolute Gasteiger partial charge is 0.177 e. The van der Waals surface area contributed by atoms with Crippen LogP contribution in [0.2, 0.25) is 0 Å². The number of aryl methyl sites for hydroxylation is 1. The molecule has 15 heavy (non-hydrogen) atoms. The van der Waals surface area contributed by atoms with Crippen LogP contribution in [0.1, 0.15) is 18.5 Å². The number of nitrogens with zero attached hydrogens (tertiary/aromatic N) is 3. The Labute approximate surface area is 88.4 Å². The quantitative estimate of drug-likeness (QED) is 0.746. The van der Waals surface area contributed by atoms with Crippen LogP contribution < -0.4 is 5.73 Å². The lowest BCUT2D eigenvalue weighted by molar-refractivity contribution is 0.0243. The van der Waals surface area contributed by atoms with Gasteiger partial charge in [-0.1, -0.05) is 5.21 Å². The summed E-state index contributed by atoms with van der Waals surface area (Å²) >= 11 is 0. The lowest BCUT2D eigenvalue weighted by Gasteiger charge is -2.23. The van der Waals surface area contributed by atoms with Crippen LogP contribution in [0, 0.1) is 0 Å². The molecule has 1 rings (SSSR count). The van der Waals surface area contributed by atoms with E-state index in [9.17, 15) is 4.39 Å². The van der Waals surface area contributed by atoms with Crippen LogP contribution in [0.3, 0.4) is 0 Å². The predicted octanol–water partition coefficient (Wildman–Crippen LogP) is 0.365. The number of ether oxygens (including phenoxy) is 1. The predicted molar refractivity (Wildman–Crippen MR) is 54.0 cm³/mol. The van der Waals surface area contributed by atoms with Crippen LogP contribution in [0.4, 0.5) is 4.39 Å². The van der Waals surface area contributed by atoms with Crippen molar-refractivity contribution in [1.82, 2.24) is 15.0 Å². The van der Waals surface area contributed by atoms with Gasteiger partial charge in [-0.2, -0.15) is 0 Å². The summed E-state index contributed by atoms with van der Waals surface area (Å²) in [6.07, 6.45) is 2.35. The molecule has 0 aliphatic heterocycles. The van der Waals surface area contributed by atoms with Gasteiger partial charge in [-0.3, -0.25) is 0 Å². The molecule has 0 saturated carbocycles. The molecular weight excluding hydrogens is 199 g/mol. The lowest BCUT2D eigenvalue weighted by atomic mass is 9.97. The number of methoxy groups -OCH3 is 1. The normalized spacial score (nSPS) is 15.2. The third-order valence-electron chi connectivity index (χ3n) is 2.32. The van der Waals surface area contributed by atoms with Crippen molar-refractivity contribution in [1.29, 1.82) is 0 Å². The van der Waals surface area contributed by atoms with Crippen LogP contribution in [-0.4, -0.2) is 35.3 Å². The van der Waals surface area contributed by atoms with Crippen molar-refractivity contribution >= 4 is 0 Å². The second kappa shape index (κ2) is 5.18. The van der Waals surface area contributed by atoms with E-state index in [-0.39, 0.29) is 6.61 Å². The van der Waals surface area contributed by atoms with Gasteiger partial charge in [0.05, 0.1) is 18.5 Å². The monoisotopic (exact) mass is 216 g/mol. The third kappa shape index (κ3) is 2.73. The zero-order chi connectivity index (χ0) is 11.3. The van der Waals surface area contributed by atoms with Gasteiger partial charge < -0.3 is 10.5 Å². The summed E-state index contributed by atoms with van der Waals surface area (Å²) in [5, 5.41) is 7.38. The highest BCUT2D eigenvalue weighted by atomic mass is 19.1. The van der Waals surface area contributed by atoms with Gasteiger partial charge in [0, 0.05) is 14.2 Å². The SMILES string of the molecule is COCC(F)(CCCN)c1cnnn1C. The van der Waals surface area contributed by atoms with Gasteiger partial charge in [-0.05, 0) is 19.4 Å². The number of halogens is 1. The summed E-state index contributed by atoms with van der Waals surface area (Å²) in [4.78, 5) is 0. The van der Waals surface area contributed by atoms with Gasteiger partial charge in [-0.15, -0.1) is 5.10 Å². The molecule has 0 aliphatic rings. The molecule has 0 saturated heterocycles. The minimum atomic E-state index is -1.55. The van der Waals surface area contributed by atoms with E-state index in [0.29, 0.717) is 25.1 Å². The molecule has 0 aromatic carbocycles. The van der Waals surface area contributed by atoms with Crippen LogP contribution in [0.5, 0.6) is 0 Å². The Hall–Kier alpha value is -1.01. The fourth-order valence-corrected chi connectivity index (χ4v) is 1.58. The number of rotatable bonds is 6. The Kier molecular flexibility index (Phi) is 4.16. The highest BCUT2D eigenvalue weighted by Gasteiger charge is 2.34. The standard InChI is InChI=1S/C9H17FN4O/c1-14-8(6-12-13-14)9(10,7-15-2)4-3-5-11/h6H,3-5,7,11H2,1-2H3. The van der Waals surface area contributed by atoms with Crippen LogP contribution >= 0.6 is 0 Å². The van der Waals surface area contributed by atoms with Crippen molar-refractivity contribution < 1.29 is 9.13 Å². The second-order valence-corrected chi connectivity index (χ2v) is 3.53. The molecule has 5 nitrogen and oxygen atoms in total. The van der Waals surface area contributed by atoms with E-state index >= 15 is 0 Å². The zero-order valence-electron chi connectivity index (χ0n) is 9.11. The molecule has 86 valence electrons. The molecule has 0 fully saturated rings. The summed E-state index contributed by atoms with van der Waals surface area (Å²) in [6, 6.07) is 0. The molecule has 0 radical (unpaired) electrons. The van der Waals surface area contributed by atoms with Crippen LogP contribution in [0.25, 0.3) is 0 Å². The summed E-state index contributed by atoms with van der Waals surface area (Å²) < 4.78 is 20.8. The zero-order valence-corrected chi connectivity index (χ0v) is 9.11. The fraction of sp³-hybridized carbons (Fsp3) is 0.778. The van der Waals surface area contributed by atoms with E-state index < -0.39 is 5.67 Å². The fourth-order valence-electron chi connectivity index (χ4n) is 1.58. The summed E-state index contributed by atoms with van der Waals surface area (Å²) in [7, 11) is 3.13. The van der Waals surface area contributed by atoms with Crippen molar-refractivity contribution in [3.63, 3.8) is 0 Å². The second-order valence-electron chi connectivity index (χ2n) is 3.53. The van der Waals surface area contributed by atoms with Crippen LogP contribution in [0.15, 0.2) is 6.20 Å². The molecular formula is C9H17FN4O. The number of nitrogens with two attached hydrogens (primary N) is 1. The van der Waals surface area contributed by atoms with Crippen molar-refractivity contribution in [3.8, 4) is 0 Å². The van der Waals surface area contributed by atoms with E-state index in [1.54, 1.807) is 7.05 Å². The van der Waals surface area contributed by atoms with Gasteiger partial charge in [0.25, 0.3) is 0 Å². The molecule has 0 amide bonds.